The van der Waals surface area contributed by atoms with Gasteiger partial charge in [0.05, 0.1) is 12.7 Å². The number of methoxy groups -OCH3 is 1. The molecule has 0 amide bonds. The molecule has 0 unspecified atom stereocenters. The monoisotopic (exact) mass is 407 g/mol. The molecule has 0 saturated carbocycles. The Kier molecular flexibility index (Phi) is 4.29. The van der Waals surface area contributed by atoms with Crippen molar-refractivity contribution in [2.75, 3.05) is 7.11 Å². The summed E-state index contributed by atoms with van der Waals surface area (Å²) in [6.45, 7) is 2.07. The number of aryl methyl sites for hydroxylation is 1. The molecule has 0 fully saturated rings. The van der Waals surface area contributed by atoms with E-state index in [1.165, 1.54) is 29.0 Å². The molecule has 3 aromatic carbocycles. The summed E-state index contributed by atoms with van der Waals surface area (Å²) in [5.74, 6) is -0.316. The van der Waals surface area contributed by atoms with Crippen molar-refractivity contribution in [2.24, 2.45) is 0 Å². The second kappa shape index (κ2) is 6.61. The van der Waals surface area contributed by atoms with Crippen LogP contribution in [0.2, 0.25) is 0 Å². The quantitative estimate of drug-likeness (QED) is 0.438. The number of aromatic nitrogens is 1. The van der Waals surface area contributed by atoms with Crippen LogP contribution in [-0.2, 0) is 11.2 Å². The molecule has 4 rings (SSSR count). The number of hydrogen-bond acceptors (Lipinski definition) is 2. The molecule has 26 heavy (non-hydrogen) atoms. The van der Waals surface area contributed by atoms with Crippen LogP contribution in [0.25, 0.3) is 21.7 Å². The summed E-state index contributed by atoms with van der Waals surface area (Å²) in [6, 6.07) is 18.3. The SMILES string of the molecule is COC(=O)c1ccc2[nH]c(C)c(Cc3ccc4ccccc4c3Br)c2c1. The van der Waals surface area contributed by atoms with E-state index in [1.807, 2.05) is 18.2 Å². The average molecular weight is 408 g/mol. The summed E-state index contributed by atoms with van der Waals surface area (Å²) >= 11 is 3.78. The van der Waals surface area contributed by atoms with Gasteiger partial charge in [-0.05, 0) is 63.0 Å². The average Bonchev–Trinajstić information content (AvgIpc) is 2.98. The number of esters is 1. The molecular weight excluding hydrogens is 390 g/mol. The van der Waals surface area contributed by atoms with Crippen molar-refractivity contribution < 1.29 is 9.53 Å². The Hall–Kier alpha value is -2.59. The first-order valence-electron chi connectivity index (χ1n) is 8.44. The zero-order chi connectivity index (χ0) is 18.3. The molecule has 4 aromatic rings. The zero-order valence-electron chi connectivity index (χ0n) is 14.6. The Bertz CT molecular complexity index is 1140. The predicted octanol–water partition coefficient (Wildman–Crippen LogP) is 5.77. The van der Waals surface area contributed by atoms with E-state index < -0.39 is 0 Å². The molecule has 0 radical (unpaired) electrons. The number of hydrogen-bond donors (Lipinski definition) is 1. The summed E-state index contributed by atoms with van der Waals surface area (Å²) in [6.07, 6.45) is 0.780. The van der Waals surface area contributed by atoms with E-state index in [0.29, 0.717) is 5.56 Å². The van der Waals surface area contributed by atoms with Crippen molar-refractivity contribution in [1.29, 1.82) is 0 Å². The third-order valence-electron chi connectivity index (χ3n) is 4.85. The topological polar surface area (TPSA) is 42.1 Å². The number of ether oxygens (including phenoxy) is 1. The van der Waals surface area contributed by atoms with Gasteiger partial charge in [-0.25, -0.2) is 4.79 Å². The summed E-state index contributed by atoms with van der Waals surface area (Å²) in [5.41, 5.74) is 5.12. The molecular formula is C22H18BrNO2. The van der Waals surface area contributed by atoms with E-state index in [9.17, 15) is 4.79 Å². The van der Waals surface area contributed by atoms with Gasteiger partial charge in [0.25, 0.3) is 0 Å². The van der Waals surface area contributed by atoms with Crippen LogP contribution in [0.15, 0.2) is 59.1 Å². The van der Waals surface area contributed by atoms with Crippen LogP contribution in [0.4, 0.5) is 0 Å². The third kappa shape index (κ3) is 2.80. The smallest absolute Gasteiger partial charge is 0.337 e. The van der Waals surface area contributed by atoms with Gasteiger partial charge in [-0.3, -0.25) is 0 Å². The van der Waals surface area contributed by atoms with Crippen molar-refractivity contribution in [1.82, 2.24) is 4.98 Å². The van der Waals surface area contributed by atoms with Crippen LogP contribution in [0.5, 0.6) is 0 Å². The summed E-state index contributed by atoms with van der Waals surface area (Å²) < 4.78 is 5.98. The highest BCUT2D eigenvalue weighted by atomic mass is 79.9. The summed E-state index contributed by atoms with van der Waals surface area (Å²) in [4.78, 5) is 15.3. The Labute approximate surface area is 160 Å². The first-order valence-corrected chi connectivity index (χ1v) is 9.23. The van der Waals surface area contributed by atoms with E-state index >= 15 is 0 Å². The first-order chi connectivity index (χ1) is 12.6. The number of aromatic amines is 1. The molecule has 0 aliphatic heterocycles. The minimum absolute atomic E-state index is 0.316. The molecule has 0 atom stereocenters. The van der Waals surface area contributed by atoms with Gasteiger partial charge in [-0.15, -0.1) is 0 Å². The van der Waals surface area contributed by atoms with E-state index in [0.717, 1.165) is 27.5 Å². The lowest BCUT2D eigenvalue weighted by Gasteiger charge is -2.09. The molecule has 1 heterocycles. The normalized spacial score (nSPS) is 11.2. The number of carbonyl (C=O) groups excluding carboxylic acids is 1. The van der Waals surface area contributed by atoms with Crippen LogP contribution in [-0.4, -0.2) is 18.1 Å². The molecule has 4 heteroatoms. The Morgan fingerprint density at radius 1 is 1.08 bits per heavy atom. The molecule has 0 aliphatic carbocycles. The third-order valence-corrected chi connectivity index (χ3v) is 5.79. The van der Waals surface area contributed by atoms with E-state index in [1.54, 1.807) is 6.07 Å². The molecule has 130 valence electrons. The van der Waals surface area contributed by atoms with Crippen molar-refractivity contribution in [3.05, 3.63) is 81.5 Å². The molecule has 1 N–H and O–H groups in total. The molecule has 0 aliphatic rings. The number of fused-ring (bicyclic) bond motifs is 2. The van der Waals surface area contributed by atoms with E-state index in [-0.39, 0.29) is 5.97 Å². The molecule has 0 saturated heterocycles. The fraction of sp³-hybridized carbons (Fsp3) is 0.136. The molecule has 0 bridgehead atoms. The van der Waals surface area contributed by atoms with Crippen molar-refractivity contribution in [3.63, 3.8) is 0 Å². The van der Waals surface area contributed by atoms with Crippen LogP contribution in [0, 0.1) is 6.92 Å². The van der Waals surface area contributed by atoms with Crippen molar-refractivity contribution in [3.8, 4) is 0 Å². The number of benzene rings is 3. The molecule has 1 aromatic heterocycles. The second-order valence-corrected chi connectivity index (χ2v) is 7.21. The van der Waals surface area contributed by atoms with E-state index in [4.69, 9.17) is 4.74 Å². The first kappa shape index (κ1) is 16.9. The van der Waals surface area contributed by atoms with E-state index in [2.05, 4.69) is 58.2 Å². The standard InChI is InChI=1S/C22H18BrNO2/c1-13-18(19-12-16(22(25)26-2)9-10-20(19)24-13)11-15-8-7-14-5-3-4-6-17(14)21(15)23/h3-10,12,24H,11H2,1-2H3. The van der Waals surface area contributed by atoms with Gasteiger partial charge < -0.3 is 9.72 Å². The fourth-order valence-corrected chi connectivity index (χ4v) is 4.09. The van der Waals surface area contributed by atoms with Gasteiger partial charge in [0.1, 0.15) is 0 Å². The molecule has 0 spiro atoms. The van der Waals surface area contributed by atoms with Crippen LogP contribution >= 0.6 is 15.9 Å². The second-order valence-electron chi connectivity index (χ2n) is 6.42. The van der Waals surface area contributed by atoms with Crippen molar-refractivity contribution >= 4 is 43.6 Å². The van der Waals surface area contributed by atoms with Gasteiger partial charge in [-0.2, -0.15) is 0 Å². The van der Waals surface area contributed by atoms with Crippen LogP contribution in [0.3, 0.4) is 0 Å². The van der Waals surface area contributed by atoms with Gasteiger partial charge in [-0.1, -0.05) is 36.4 Å². The minimum Gasteiger partial charge on any atom is -0.465 e. The van der Waals surface area contributed by atoms with Gasteiger partial charge in [0.15, 0.2) is 0 Å². The molecule has 3 nitrogen and oxygen atoms in total. The Morgan fingerprint density at radius 3 is 2.69 bits per heavy atom. The summed E-state index contributed by atoms with van der Waals surface area (Å²) in [7, 11) is 1.40. The Morgan fingerprint density at radius 2 is 1.88 bits per heavy atom. The number of carbonyl (C=O) groups is 1. The van der Waals surface area contributed by atoms with Crippen LogP contribution in [0.1, 0.15) is 27.2 Å². The lowest BCUT2D eigenvalue weighted by atomic mass is 9.98. The highest BCUT2D eigenvalue weighted by Gasteiger charge is 2.14. The number of halogens is 1. The maximum atomic E-state index is 11.9. The van der Waals surface area contributed by atoms with Gasteiger partial charge in [0.2, 0.25) is 0 Å². The summed E-state index contributed by atoms with van der Waals surface area (Å²) in [5, 5.41) is 3.48. The van der Waals surface area contributed by atoms with Gasteiger partial charge >= 0.3 is 5.97 Å². The highest BCUT2D eigenvalue weighted by molar-refractivity contribution is 9.10. The number of nitrogens with one attached hydrogen (secondary N) is 1. The lowest BCUT2D eigenvalue weighted by molar-refractivity contribution is 0.0601. The minimum atomic E-state index is -0.316. The maximum Gasteiger partial charge on any atom is 0.337 e. The lowest BCUT2D eigenvalue weighted by Crippen LogP contribution is -2.00. The largest absolute Gasteiger partial charge is 0.465 e. The van der Waals surface area contributed by atoms with Gasteiger partial charge in [0, 0.05) is 27.5 Å². The number of rotatable bonds is 3. The fourth-order valence-electron chi connectivity index (χ4n) is 3.46. The zero-order valence-corrected chi connectivity index (χ0v) is 16.2. The predicted molar refractivity (Wildman–Crippen MR) is 109 cm³/mol. The van der Waals surface area contributed by atoms with Crippen LogP contribution < -0.4 is 0 Å². The maximum absolute atomic E-state index is 11.9. The Balaban J connectivity index is 1.83. The number of H-pyrrole nitrogens is 1. The highest BCUT2D eigenvalue weighted by Crippen LogP contribution is 2.32. The van der Waals surface area contributed by atoms with Crippen molar-refractivity contribution in [2.45, 2.75) is 13.3 Å².